The molecule has 0 aliphatic heterocycles. The number of ketones is 1. The fourth-order valence-electron chi connectivity index (χ4n) is 1.58. The maximum atomic E-state index is 12.1. The largest absolute Gasteiger partial charge is 0.466 e. The first-order valence-corrected chi connectivity index (χ1v) is 5.63. The van der Waals surface area contributed by atoms with Crippen LogP contribution in [0.3, 0.4) is 0 Å². The van der Waals surface area contributed by atoms with Crippen molar-refractivity contribution in [2.75, 3.05) is 0 Å². The molecule has 0 unspecified atom stereocenters. The number of hydrogen-bond donors (Lipinski definition) is 0. The van der Waals surface area contributed by atoms with Gasteiger partial charge in [-0.15, -0.1) is 11.3 Å². The zero-order valence-electron chi connectivity index (χ0n) is 8.96. The average Bonchev–Trinajstić information content (AvgIpc) is 2.71. The molecule has 0 saturated carbocycles. The molecule has 3 heteroatoms. The van der Waals surface area contributed by atoms with Crippen LogP contribution in [0.5, 0.6) is 0 Å². The molecule has 2 aromatic heterocycles. The lowest BCUT2D eigenvalue weighted by molar-refractivity contribution is 0.104. The van der Waals surface area contributed by atoms with E-state index in [1.54, 1.807) is 6.07 Å². The summed E-state index contributed by atoms with van der Waals surface area (Å²) in [4.78, 5) is 12.9. The van der Waals surface area contributed by atoms with Crippen LogP contribution in [-0.2, 0) is 0 Å². The number of carbonyl (C=O) groups is 1. The zero-order chi connectivity index (χ0) is 11.0. The van der Waals surface area contributed by atoms with Crippen molar-refractivity contribution in [1.29, 1.82) is 0 Å². The highest BCUT2D eigenvalue weighted by Crippen LogP contribution is 2.23. The second-order valence-electron chi connectivity index (χ2n) is 3.59. The highest BCUT2D eigenvalue weighted by molar-refractivity contribution is 7.12. The predicted octanol–water partition coefficient (Wildman–Crippen LogP) is 3.50. The average molecular weight is 220 g/mol. The van der Waals surface area contributed by atoms with E-state index >= 15 is 0 Å². The lowest BCUT2D eigenvalue weighted by Crippen LogP contribution is -2.00. The van der Waals surface area contributed by atoms with Crippen molar-refractivity contribution in [1.82, 2.24) is 0 Å². The van der Waals surface area contributed by atoms with Gasteiger partial charge in [0.2, 0.25) is 5.78 Å². The van der Waals surface area contributed by atoms with E-state index in [1.165, 1.54) is 11.3 Å². The number of thiophene rings is 1. The first-order chi connectivity index (χ1) is 7.09. The maximum Gasteiger partial charge on any atom is 0.206 e. The summed E-state index contributed by atoms with van der Waals surface area (Å²) in [6.07, 6.45) is 0. The van der Waals surface area contributed by atoms with Gasteiger partial charge in [0.25, 0.3) is 0 Å². The summed E-state index contributed by atoms with van der Waals surface area (Å²) in [6.45, 7) is 5.63. The third kappa shape index (κ3) is 1.75. The number of aryl methyl sites for hydroxylation is 3. The molecule has 0 aliphatic rings. The van der Waals surface area contributed by atoms with E-state index in [2.05, 4.69) is 0 Å². The zero-order valence-corrected chi connectivity index (χ0v) is 9.77. The number of hydrogen-bond acceptors (Lipinski definition) is 3. The molecule has 0 bridgehead atoms. The SMILES string of the molecule is Cc1cc(C(=O)c2sccc2C)c(C)o1. The summed E-state index contributed by atoms with van der Waals surface area (Å²) >= 11 is 1.48. The van der Waals surface area contributed by atoms with Crippen LogP contribution in [0.15, 0.2) is 21.9 Å². The van der Waals surface area contributed by atoms with E-state index in [4.69, 9.17) is 4.42 Å². The van der Waals surface area contributed by atoms with Crippen LogP contribution in [-0.4, -0.2) is 5.78 Å². The number of furan rings is 1. The molecule has 0 aromatic carbocycles. The van der Waals surface area contributed by atoms with Gasteiger partial charge in [-0.2, -0.15) is 0 Å². The van der Waals surface area contributed by atoms with Gasteiger partial charge in [0.1, 0.15) is 11.5 Å². The summed E-state index contributed by atoms with van der Waals surface area (Å²) < 4.78 is 5.36. The van der Waals surface area contributed by atoms with Gasteiger partial charge in [-0.25, -0.2) is 0 Å². The summed E-state index contributed by atoms with van der Waals surface area (Å²) in [5.41, 5.74) is 1.71. The number of rotatable bonds is 2. The van der Waals surface area contributed by atoms with Gasteiger partial charge in [0.15, 0.2) is 0 Å². The van der Waals surface area contributed by atoms with Crippen molar-refractivity contribution in [2.24, 2.45) is 0 Å². The minimum absolute atomic E-state index is 0.0665. The molecule has 2 rings (SSSR count). The molecule has 0 spiro atoms. The molecule has 0 N–H and O–H groups in total. The Labute approximate surface area is 92.5 Å². The molecule has 0 aliphatic carbocycles. The lowest BCUT2D eigenvalue weighted by Gasteiger charge is -1.96. The summed E-state index contributed by atoms with van der Waals surface area (Å²) in [5.74, 6) is 1.55. The summed E-state index contributed by atoms with van der Waals surface area (Å²) in [6, 6.07) is 3.76. The molecule has 78 valence electrons. The molecular formula is C12H12O2S. The van der Waals surface area contributed by atoms with E-state index in [-0.39, 0.29) is 5.78 Å². The number of carbonyl (C=O) groups excluding carboxylic acids is 1. The van der Waals surface area contributed by atoms with E-state index in [1.807, 2.05) is 32.2 Å². The van der Waals surface area contributed by atoms with E-state index in [0.717, 1.165) is 16.2 Å². The van der Waals surface area contributed by atoms with Crippen LogP contribution >= 0.6 is 11.3 Å². The third-order valence-electron chi connectivity index (χ3n) is 2.35. The van der Waals surface area contributed by atoms with Crippen molar-refractivity contribution >= 4 is 17.1 Å². The molecule has 0 atom stereocenters. The fourth-order valence-corrected chi connectivity index (χ4v) is 2.46. The Kier molecular flexibility index (Phi) is 2.49. The first kappa shape index (κ1) is 10.2. The molecule has 2 heterocycles. The van der Waals surface area contributed by atoms with Crippen LogP contribution in [0, 0.1) is 20.8 Å². The molecule has 0 amide bonds. The molecule has 15 heavy (non-hydrogen) atoms. The second-order valence-corrected chi connectivity index (χ2v) is 4.50. The molecule has 0 radical (unpaired) electrons. The van der Waals surface area contributed by atoms with Crippen LogP contribution in [0.4, 0.5) is 0 Å². The second kappa shape index (κ2) is 3.66. The third-order valence-corrected chi connectivity index (χ3v) is 3.37. The minimum Gasteiger partial charge on any atom is -0.466 e. The van der Waals surface area contributed by atoms with E-state index in [9.17, 15) is 4.79 Å². The van der Waals surface area contributed by atoms with Crippen LogP contribution in [0.1, 0.15) is 32.3 Å². The Morgan fingerprint density at radius 3 is 2.53 bits per heavy atom. The predicted molar refractivity (Wildman–Crippen MR) is 60.7 cm³/mol. The van der Waals surface area contributed by atoms with Gasteiger partial charge in [-0.05, 0) is 43.8 Å². The molecular weight excluding hydrogens is 208 g/mol. The minimum atomic E-state index is 0.0665. The molecule has 0 saturated heterocycles. The van der Waals surface area contributed by atoms with E-state index in [0.29, 0.717) is 11.3 Å². The molecule has 0 fully saturated rings. The maximum absolute atomic E-state index is 12.1. The van der Waals surface area contributed by atoms with Crippen LogP contribution < -0.4 is 0 Å². The van der Waals surface area contributed by atoms with Gasteiger partial charge in [-0.3, -0.25) is 4.79 Å². The first-order valence-electron chi connectivity index (χ1n) is 4.75. The van der Waals surface area contributed by atoms with Crippen LogP contribution in [0.25, 0.3) is 0 Å². The van der Waals surface area contributed by atoms with Gasteiger partial charge in [0.05, 0.1) is 10.4 Å². The van der Waals surface area contributed by atoms with Gasteiger partial charge in [-0.1, -0.05) is 0 Å². The Morgan fingerprint density at radius 1 is 1.33 bits per heavy atom. The van der Waals surface area contributed by atoms with Gasteiger partial charge >= 0.3 is 0 Å². The Balaban J connectivity index is 2.45. The molecule has 2 nitrogen and oxygen atoms in total. The van der Waals surface area contributed by atoms with Crippen molar-refractivity contribution in [3.8, 4) is 0 Å². The Hall–Kier alpha value is -1.35. The normalized spacial score (nSPS) is 10.6. The van der Waals surface area contributed by atoms with Gasteiger partial charge in [0, 0.05) is 0 Å². The van der Waals surface area contributed by atoms with Gasteiger partial charge < -0.3 is 4.42 Å². The smallest absolute Gasteiger partial charge is 0.206 e. The Bertz CT molecular complexity index is 505. The topological polar surface area (TPSA) is 30.2 Å². The summed E-state index contributed by atoms with van der Waals surface area (Å²) in [5, 5.41) is 1.94. The van der Waals surface area contributed by atoms with Crippen molar-refractivity contribution < 1.29 is 9.21 Å². The quantitative estimate of drug-likeness (QED) is 0.725. The standard InChI is InChI=1S/C12H12O2S/c1-7-4-5-15-12(7)11(13)10-6-8(2)14-9(10)3/h4-6H,1-3H3. The summed E-state index contributed by atoms with van der Waals surface area (Å²) in [7, 11) is 0. The van der Waals surface area contributed by atoms with E-state index < -0.39 is 0 Å². The Morgan fingerprint density at radius 2 is 2.07 bits per heavy atom. The lowest BCUT2D eigenvalue weighted by atomic mass is 10.1. The highest BCUT2D eigenvalue weighted by Gasteiger charge is 2.17. The van der Waals surface area contributed by atoms with Crippen molar-refractivity contribution in [3.63, 3.8) is 0 Å². The van der Waals surface area contributed by atoms with Crippen molar-refractivity contribution in [2.45, 2.75) is 20.8 Å². The van der Waals surface area contributed by atoms with Crippen molar-refractivity contribution in [3.05, 3.63) is 45.0 Å². The fraction of sp³-hybridized carbons (Fsp3) is 0.250. The van der Waals surface area contributed by atoms with Crippen LogP contribution in [0.2, 0.25) is 0 Å². The molecule has 2 aromatic rings. The highest BCUT2D eigenvalue weighted by atomic mass is 32.1. The monoisotopic (exact) mass is 220 g/mol.